The summed E-state index contributed by atoms with van der Waals surface area (Å²) in [7, 11) is -3.39. The molecule has 24 heavy (non-hydrogen) atoms. The molecule has 2 amide bonds. The monoisotopic (exact) mass is 386 g/mol. The molecule has 0 spiro atoms. The summed E-state index contributed by atoms with van der Waals surface area (Å²) in [5, 5.41) is 6.12. The number of hydrogen-bond acceptors (Lipinski definition) is 3. The predicted octanol–water partition coefficient (Wildman–Crippen LogP) is 4.28. The normalized spacial score (nSPS) is 12.5. The van der Waals surface area contributed by atoms with Crippen LogP contribution in [0.1, 0.15) is 18.5 Å². The lowest BCUT2D eigenvalue weighted by Gasteiger charge is -2.16. The molecule has 5 nitrogen and oxygen atoms in total. The van der Waals surface area contributed by atoms with Crippen LogP contribution in [0.2, 0.25) is 10.0 Å². The first-order valence-corrected chi connectivity index (χ1v) is 9.64. The van der Waals surface area contributed by atoms with E-state index in [0.29, 0.717) is 5.02 Å². The molecule has 1 atom stereocenters. The summed E-state index contributed by atoms with van der Waals surface area (Å²) in [4.78, 5) is 12.2. The Labute approximate surface area is 150 Å². The highest BCUT2D eigenvalue weighted by molar-refractivity contribution is 7.90. The van der Waals surface area contributed by atoms with Crippen molar-refractivity contribution in [1.82, 2.24) is 5.32 Å². The van der Waals surface area contributed by atoms with E-state index in [9.17, 15) is 13.2 Å². The molecular weight excluding hydrogens is 371 g/mol. The number of carbonyl (C=O) groups excluding carboxylic acids is 1. The van der Waals surface area contributed by atoms with Gasteiger partial charge in [-0.1, -0.05) is 35.3 Å². The Morgan fingerprint density at radius 2 is 1.83 bits per heavy atom. The molecule has 0 saturated carbocycles. The van der Waals surface area contributed by atoms with Gasteiger partial charge in [-0.25, -0.2) is 13.2 Å². The number of carbonyl (C=O) groups is 1. The molecule has 2 aromatic carbocycles. The smallest absolute Gasteiger partial charge is 0.319 e. The highest BCUT2D eigenvalue weighted by Crippen LogP contribution is 2.25. The zero-order chi connectivity index (χ0) is 17.9. The zero-order valence-electron chi connectivity index (χ0n) is 13.0. The minimum atomic E-state index is -3.39. The quantitative estimate of drug-likeness (QED) is 0.822. The molecule has 0 heterocycles. The van der Waals surface area contributed by atoms with E-state index < -0.39 is 15.9 Å². The highest BCUT2D eigenvalue weighted by Gasteiger charge is 2.14. The van der Waals surface area contributed by atoms with Crippen molar-refractivity contribution in [1.29, 1.82) is 0 Å². The fourth-order valence-corrected chi connectivity index (χ4v) is 3.06. The van der Waals surface area contributed by atoms with E-state index in [0.717, 1.165) is 11.8 Å². The van der Waals surface area contributed by atoms with Crippen molar-refractivity contribution in [3.63, 3.8) is 0 Å². The second kappa shape index (κ2) is 7.42. The molecular formula is C16H16Cl2N2O3S. The van der Waals surface area contributed by atoms with E-state index >= 15 is 0 Å². The molecule has 0 aliphatic rings. The lowest BCUT2D eigenvalue weighted by atomic mass is 10.1. The molecule has 2 aromatic rings. The van der Waals surface area contributed by atoms with Crippen LogP contribution in [0.4, 0.5) is 10.5 Å². The molecule has 2 rings (SSSR count). The van der Waals surface area contributed by atoms with Gasteiger partial charge >= 0.3 is 6.03 Å². The number of anilines is 1. The summed E-state index contributed by atoms with van der Waals surface area (Å²) in [6.07, 6.45) is 1.08. The Kier molecular flexibility index (Phi) is 5.74. The number of amides is 2. The molecule has 0 radical (unpaired) electrons. The maximum Gasteiger partial charge on any atom is 0.319 e. The van der Waals surface area contributed by atoms with Crippen LogP contribution >= 0.6 is 23.2 Å². The molecule has 8 heteroatoms. The third-order valence-electron chi connectivity index (χ3n) is 3.31. The minimum absolute atomic E-state index is 0.0742. The summed E-state index contributed by atoms with van der Waals surface area (Å²) in [5.74, 6) is 0. The van der Waals surface area contributed by atoms with E-state index in [-0.39, 0.29) is 21.6 Å². The van der Waals surface area contributed by atoms with Gasteiger partial charge in [-0.05, 0) is 42.8 Å². The zero-order valence-corrected chi connectivity index (χ0v) is 15.3. The van der Waals surface area contributed by atoms with Crippen molar-refractivity contribution < 1.29 is 13.2 Å². The topological polar surface area (TPSA) is 75.3 Å². The second-order valence-corrected chi connectivity index (χ2v) is 8.15. The van der Waals surface area contributed by atoms with Gasteiger partial charge < -0.3 is 10.6 Å². The summed E-state index contributed by atoms with van der Waals surface area (Å²) < 4.78 is 23.2. The maximum atomic E-state index is 12.1. The van der Waals surface area contributed by atoms with Crippen molar-refractivity contribution >= 4 is 44.8 Å². The van der Waals surface area contributed by atoms with Crippen LogP contribution < -0.4 is 10.6 Å². The molecule has 128 valence electrons. The fourth-order valence-electron chi connectivity index (χ4n) is 2.05. The summed E-state index contributed by atoms with van der Waals surface area (Å²) in [6, 6.07) is 10.5. The molecule has 0 aliphatic carbocycles. The Bertz CT molecular complexity index is 869. The second-order valence-electron chi connectivity index (χ2n) is 5.29. The number of urea groups is 1. The first kappa shape index (κ1) is 18.6. The van der Waals surface area contributed by atoms with Crippen molar-refractivity contribution in [3.8, 4) is 0 Å². The molecule has 0 unspecified atom stereocenters. The number of benzene rings is 2. The van der Waals surface area contributed by atoms with Gasteiger partial charge in [0.2, 0.25) is 0 Å². The van der Waals surface area contributed by atoms with Gasteiger partial charge in [0.25, 0.3) is 0 Å². The first-order valence-electron chi connectivity index (χ1n) is 6.99. The summed E-state index contributed by atoms with van der Waals surface area (Å²) >= 11 is 11.9. The molecule has 0 fully saturated rings. The Morgan fingerprint density at radius 3 is 2.46 bits per heavy atom. The number of hydrogen-bond donors (Lipinski definition) is 2. The van der Waals surface area contributed by atoms with Crippen LogP contribution in [0.5, 0.6) is 0 Å². The lowest BCUT2D eigenvalue weighted by molar-refractivity contribution is 0.249. The van der Waals surface area contributed by atoms with Crippen LogP contribution in [-0.2, 0) is 9.84 Å². The van der Waals surface area contributed by atoms with Crippen molar-refractivity contribution in [2.24, 2.45) is 0 Å². The van der Waals surface area contributed by atoms with E-state index in [4.69, 9.17) is 23.2 Å². The van der Waals surface area contributed by atoms with E-state index in [1.807, 2.05) is 6.07 Å². The lowest BCUT2D eigenvalue weighted by Crippen LogP contribution is -2.31. The van der Waals surface area contributed by atoms with Gasteiger partial charge in [0, 0.05) is 11.3 Å². The standard InChI is InChI=1S/C16H16Cl2N2O3S/c1-10(11-4-3-5-12(17)8-11)19-16(21)20-15-9-13(24(2,22)23)6-7-14(15)18/h3-10H,1-2H3,(H2,19,20,21)/t10-/m0/s1. The van der Waals surface area contributed by atoms with Crippen molar-refractivity contribution in [2.45, 2.75) is 17.9 Å². The fraction of sp³-hybridized carbons (Fsp3) is 0.188. The minimum Gasteiger partial charge on any atom is -0.331 e. The number of sulfone groups is 1. The van der Waals surface area contributed by atoms with Gasteiger partial charge in [-0.2, -0.15) is 0 Å². The van der Waals surface area contributed by atoms with Crippen molar-refractivity contribution in [2.75, 3.05) is 11.6 Å². The van der Waals surface area contributed by atoms with Gasteiger partial charge in [-0.3, -0.25) is 0 Å². The molecule has 0 aliphatic heterocycles. The number of rotatable bonds is 4. The number of halogens is 2. The van der Waals surface area contributed by atoms with Gasteiger partial charge in [-0.15, -0.1) is 0 Å². The average molecular weight is 387 g/mol. The Hall–Kier alpha value is -1.76. The largest absolute Gasteiger partial charge is 0.331 e. The van der Waals surface area contributed by atoms with Gasteiger partial charge in [0.1, 0.15) is 0 Å². The third-order valence-corrected chi connectivity index (χ3v) is 4.99. The summed E-state index contributed by atoms with van der Waals surface area (Å²) in [6.45, 7) is 1.81. The molecule has 0 aromatic heterocycles. The van der Waals surface area contributed by atoms with Crippen LogP contribution in [0, 0.1) is 0 Å². The molecule has 0 saturated heterocycles. The molecule has 2 N–H and O–H groups in total. The van der Waals surface area contributed by atoms with E-state index in [2.05, 4.69) is 10.6 Å². The molecule has 0 bridgehead atoms. The average Bonchev–Trinajstić information content (AvgIpc) is 2.48. The van der Waals surface area contributed by atoms with E-state index in [1.165, 1.54) is 18.2 Å². The van der Waals surface area contributed by atoms with Gasteiger partial charge in [0.05, 0.1) is 21.6 Å². The van der Waals surface area contributed by atoms with E-state index in [1.54, 1.807) is 25.1 Å². The third kappa shape index (κ3) is 4.87. The predicted molar refractivity (Wildman–Crippen MR) is 96.6 cm³/mol. The van der Waals surface area contributed by atoms with Crippen LogP contribution in [0.3, 0.4) is 0 Å². The highest BCUT2D eigenvalue weighted by atomic mass is 35.5. The maximum absolute atomic E-state index is 12.1. The Balaban J connectivity index is 2.12. The summed E-state index contributed by atoms with van der Waals surface area (Å²) in [5.41, 5.74) is 1.06. The van der Waals surface area contributed by atoms with Crippen LogP contribution in [0.25, 0.3) is 0 Å². The van der Waals surface area contributed by atoms with Crippen LogP contribution in [0.15, 0.2) is 47.4 Å². The SMILES string of the molecule is C[C@H](NC(=O)Nc1cc(S(C)(=O)=O)ccc1Cl)c1cccc(Cl)c1. The Morgan fingerprint density at radius 1 is 1.12 bits per heavy atom. The van der Waals surface area contributed by atoms with Crippen molar-refractivity contribution in [3.05, 3.63) is 58.1 Å². The first-order chi connectivity index (χ1) is 11.2. The number of nitrogens with one attached hydrogen (secondary N) is 2. The van der Waals surface area contributed by atoms with Gasteiger partial charge in [0.15, 0.2) is 9.84 Å². The van der Waals surface area contributed by atoms with Crippen LogP contribution in [-0.4, -0.2) is 20.7 Å².